The zero-order valence-electron chi connectivity index (χ0n) is 15.2. The molecule has 27 heavy (non-hydrogen) atoms. The molecular weight excluding hydrogens is 392 g/mol. The van der Waals surface area contributed by atoms with Crippen LogP contribution in [0, 0.1) is 6.92 Å². The van der Waals surface area contributed by atoms with Gasteiger partial charge in [0.25, 0.3) is 0 Å². The molecule has 8 nitrogen and oxygen atoms in total. The highest BCUT2D eigenvalue weighted by Gasteiger charge is 2.20. The van der Waals surface area contributed by atoms with E-state index in [-0.39, 0.29) is 28.6 Å². The standard InChI is InChI=1S/C17H22N2O6S2/c1-13-4-7-15(8-5-13)26(20,21)18-10-11-19-27(22,23)17-12-14(24-2)6-9-16(17)25-3/h4-9,12,18-19H,10-11H2,1-3H3. The average molecular weight is 415 g/mol. The number of hydrogen-bond donors (Lipinski definition) is 2. The first-order chi connectivity index (χ1) is 12.7. The molecule has 0 aromatic heterocycles. The van der Waals surface area contributed by atoms with Gasteiger partial charge in [-0.25, -0.2) is 26.3 Å². The van der Waals surface area contributed by atoms with E-state index in [4.69, 9.17) is 9.47 Å². The highest BCUT2D eigenvalue weighted by atomic mass is 32.2. The lowest BCUT2D eigenvalue weighted by molar-refractivity contribution is 0.392. The van der Waals surface area contributed by atoms with E-state index in [1.807, 2.05) is 6.92 Å². The molecular formula is C17H22N2O6S2. The lowest BCUT2D eigenvalue weighted by atomic mass is 10.2. The summed E-state index contributed by atoms with van der Waals surface area (Å²) in [7, 11) is -4.85. The summed E-state index contributed by atoms with van der Waals surface area (Å²) in [6, 6.07) is 10.7. The molecule has 0 saturated carbocycles. The molecule has 0 amide bonds. The second-order valence-electron chi connectivity index (χ2n) is 5.63. The van der Waals surface area contributed by atoms with Crippen LogP contribution < -0.4 is 18.9 Å². The van der Waals surface area contributed by atoms with Crippen LogP contribution in [0.2, 0.25) is 0 Å². The van der Waals surface area contributed by atoms with Crippen molar-refractivity contribution in [3.05, 3.63) is 48.0 Å². The Morgan fingerprint density at radius 3 is 1.96 bits per heavy atom. The second kappa shape index (κ2) is 8.70. The van der Waals surface area contributed by atoms with Crippen LogP contribution in [-0.2, 0) is 20.0 Å². The molecule has 2 N–H and O–H groups in total. The van der Waals surface area contributed by atoms with Gasteiger partial charge in [-0.15, -0.1) is 0 Å². The van der Waals surface area contributed by atoms with Crippen molar-refractivity contribution < 1.29 is 26.3 Å². The predicted octanol–water partition coefficient (Wildman–Crippen LogP) is 1.27. The Morgan fingerprint density at radius 1 is 0.815 bits per heavy atom. The first-order valence-corrected chi connectivity index (χ1v) is 10.9. The zero-order chi connectivity index (χ0) is 20.1. The maximum absolute atomic E-state index is 12.5. The highest BCUT2D eigenvalue weighted by Crippen LogP contribution is 2.27. The van der Waals surface area contributed by atoms with Crippen LogP contribution in [0.1, 0.15) is 5.56 Å². The molecule has 2 rings (SSSR count). The molecule has 148 valence electrons. The van der Waals surface area contributed by atoms with Gasteiger partial charge in [-0.2, -0.15) is 0 Å². The summed E-state index contributed by atoms with van der Waals surface area (Å²) in [6.07, 6.45) is 0. The number of benzene rings is 2. The number of aryl methyl sites for hydroxylation is 1. The molecule has 0 aliphatic heterocycles. The first kappa shape index (κ1) is 21.2. The summed E-state index contributed by atoms with van der Waals surface area (Å²) in [6.45, 7) is 1.61. The van der Waals surface area contributed by atoms with Crippen LogP contribution in [0.4, 0.5) is 0 Å². The fraction of sp³-hybridized carbons (Fsp3) is 0.294. The monoisotopic (exact) mass is 414 g/mol. The topological polar surface area (TPSA) is 111 Å². The van der Waals surface area contributed by atoms with E-state index in [1.165, 1.54) is 38.5 Å². The summed E-state index contributed by atoms with van der Waals surface area (Å²) in [5.41, 5.74) is 0.939. The minimum absolute atomic E-state index is 0.0919. The van der Waals surface area contributed by atoms with Crippen molar-refractivity contribution in [2.24, 2.45) is 0 Å². The summed E-state index contributed by atoms with van der Waals surface area (Å²) < 4.78 is 64.2. The Labute approximate surface area is 159 Å². The number of rotatable bonds is 9. The van der Waals surface area contributed by atoms with Crippen molar-refractivity contribution in [3.63, 3.8) is 0 Å². The number of methoxy groups -OCH3 is 2. The Morgan fingerprint density at radius 2 is 1.41 bits per heavy atom. The Kier molecular flexibility index (Phi) is 6.82. The van der Waals surface area contributed by atoms with Gasteiger partial charge in [-0.3, -0.25) is 0 Å². The van der Waals surface area contributed by atoms with Gasteiger partial charge in [-0.1, -0.05) is 17.7 Å². The third-order valence-electron chi connectivity index (χ3n) is 3.70. The molecule has 0 atom stereocenters. The Bertz CT molecular complexity index is 987. The lowest BCUT2D eigenvalue weighted by Crippen LogP contribution is -2.34. The second-order valence-corrected chi connectivity index (χ2v) is 9.13. The van der Waals surface area contributed by atoms with Crippen LogP contribution in [0.25, 0.3) is 0 Å². The predicted molar refractivity (Wildman–Crippen MR) is 101 cm³/mol. The largest absolute Gasteiger partial charge is 0.497 e. The van der Waals surface area contributed by atoms with Gasteiger partial charge >= 0.3 is 0 Å². The molecule has 0 heterocycles. The van der Waals surface area contributed by atoms with Gasteiger partial charge in [0, 0.05) is 19.2 Å². The maximum Gasteiger partial charge on any atom is 0.244 e. The zero-order valence-corrected chi connectivity index (χ0v) is 16.9. The van der Waals surface area contributed by atoms with Gasteiger partial charge in [0.15, 0.2) is 0 Å². The normalized spacial score (nSPS) is 12.0. The van der Waals surface area contributed by atoms with E-state index < -0.39 is 20.0 Å². The van der Waals surface area contributed by atoms with Gasteiger partial charge in [0.1, 0.15) is 16.4 Å². The van der Waals surface area contributed by atoms with Gasteiger partial charge in [-0.05, 0) is 31.2 Å². The number of nitrogens with one attached hydrogen (secondary N) is 2. The van der Waals surface area contributed by atoms with Crippen LogP contribution in [0.3, 0.4) is 0 Å². The minimum atomic E-state index is -3.91. The van der Waals surface area contributed by atoms with E-state index in [0.29, 0.717) is 5.75 Å². The Balaban J connectivity index is 2.03. The van der Waals surface area contributed by atoms with Crippen LogP contribution in [0.5, 0.6) is 11.5 Å². The molecule has 0 bridgehead atoms. The van der Waals surface area contributed by atoms with Crippen LogP contribution in [0.15, 0.2) is 52.3 Å². The van der Waals surface area contributed by atoms with Crippen molar-refractivity contribution in [1.82, 2.24) is 9.44 Å². The summed E-state index contributed by atoms with van der Waals surface area (Å²) >= 11 is 0. The lowest BCUT2D eigenvalue weighted by Gasteiger charge is -2.12. The van der Waals surface area contributed by atoms with Crippen molar-refractivity contribution in [2.75, 3.05) is 27.3 Å². The molecule has 0 fully saturated rings. The third-order valence-corrected chi connectivity index (χ3v) is 6.66. The highest BCUT2D eigenvalue weighted by molar-refractivity contribution is 7.90. The van der Waals surface area contributed by atoms with Crippen molar-refractivity contribution >= 4 is 20.0 Å². The summed E-state index contributed by atoms with van der Waals surface area (Å²) in [4.78, 5) is 0.0242. The smallest absolute Gasteiger partial charge is 0.244 e. The molecule has 0 aliphatic carbocycles. The molecule has 0 saturated heterocycles. The molecule has 2 aromatic rings. The first-order valence-electron chi connectivity index (χ1n) is 7.97. The molecule has 10 heteroatoms. The number of hydrogen-bond acceptors (Lipinski definition) is 6. The number of ether oxygens (including phenoxy) is 2. The maximum atomic E-state index is 12.5. The van der Waals surface area contributed by atoms with Crippen molar-refractivity contribution in [2.45, 2.75) is 16.7 Å². The van der Waals surface area contributed by atoms with Crippen LogP contribution in [-0.4, -0.2) is 44.1 Å². The molecule has 0 aliphatic rings. The van der Waals surface area contributed by atoms with Crippen molar-refractivity contribution in [3.8, 4) is 11.5 Å². The van der Waals surface area contributed by atoms with E-state index in [1.54, 1.807) is 18.2 Å². The average Bonchev–Trinajstić information content (AvgIpc) is 2.65. The summed E-state index contributed by atoms with van der Waals surface area (Å²) in [5.74, 6) is 0.514. The SMILES string of the molecule is COc1ccc(OC)c(S(=O)(=O)NCCNS(=O)(=O)c2ccc(C)cc2)c1. The van der Waals surface area contributed by atoms with Crippen molar-refractivity contribution in [1.29, 1.82) is 0 Å². The van der Waals surface area contributed by atoms with Crippen LogP contribution >= 0.6 is 0 Å². The summed E-state index contributed by atoms with van der Waals surface area (Å²) in [5, 5.41) is 0. The van der Waals surface area contributed by atoms with E-state index in [0.717, 1.165) is 5.56 Å². The fourth-order valence-corrected chi connectivity index (χ4v) is 4.49. The molecule has 2 aromatic carbocycles. The van der Waals surface area contributed by atoms with Gasteiger partial charge < -0.3 is 9.47 Å². The quantitative estimate of drug-likeness (QED) is 0.598. The molecule has 0 spiro atoms. The van der Waals surface area contributed by atoms with Gasteiger partial charge in [0.05, 0.1) is 19.1 Å². The van der Waals surface area contributed by atoms with Gasteiger partial charge in [0.2, 0.25) is 20.0 Å². The Hall–Kier alpha value is -2.14. The van der Waals surface area contributed by atoms with E-state index in [2.05, 4.69) is 9.44 Å². The molecule has 0 unspecified atom stereocenters. The fourth-order valence-electron chi connectivity index (χ4n) is 2.24. The minimum Gasteiger partial charge on any atom is -0.497 e. The number of sulfonamides is 2. The third kappa shape index (κ3) is 5.42. The van der Waals surface area contributed by atoms with E-state index in [9.17, 15) is 16.8 Å². The van der Waals surface area contributed by atoms with E-state index >= 15 is 0 Å². The molecule has 0 radical (unpaired) electrons.